The summed E-state index contributed by atoms with van der Waals surface area (Å²) in [7, 11) is 0. The van der Waals surface area contributed by atoms with Crippen molar-refractivity contribution in [3.63, 3.8) is 0 Å². The van der Waals surface area contributed by atoms with Gasteiger partial charge in [-0.25, -0.2) is 4.39 Å². The van der Waals surface area contributed by atoms with Crippen LogP contribution in [0.25, 0.3) is 0 Å². The molecule has 0 radical (unpaired) electrons. The van der Waals surface area contributed by atoms with Gasteiger partial charge in [-0.1, -0.05) is 33.3 Å². The van der Waals surface area contributed by atoms with Gasteiger partial charge in [0, 0.05) is 17.7 Å². The van der Waals surface area contributed by atoms with Gasteiger partial charge in [-0.2, -0.15) is 0 Å². The van der Waals surface area contributed by atoms with Crippen LogP contribution in [-0.4, -0.2) is 13.2 Å². The highest BCUT2D eigenvalue weighted by Crippen LogP contribution is 2.26. The van der Waals surface area contributed by atoms with Crippen LogP contribution < -0.4 is 10.1 Å². The van der Waals surface area contributed by atoms with Crippen LogP contribution in [-0.2, 0) is 0 Å². The van der Waals surface area contributed by atoms with Gasteiger partial charge in [-0.15, -0.1) is 0 Å². The molecule has 0 spiro atoms. The number of benzene rings is 1. The molecule has 0 saturated carbocycles. The third-order valence-corrected chi connectivity index (χ3v) is 3.17. The Morgan fingerprint density at radius 2 is 2.00 bits per heavy atom. The second kappa shape index (κ2) is 7.37. The minimum absolute atomic E-state index is 0.169. The first kappa shape index (κ1) is 15.0. The van der Waals surface area contributed by atoms with Crippen LogP contribution in [0.2, 0.25) is 0 Å². The minimum atomic E-state index is -0.249. The Bertz CT molecular complexity index is 368. The van der Waals surface area contributed by atoms with Crippen molar-refractivity contribution in [2.75, 3.05) is 13.2 Å². The van der Waals surface area contributed by atoms with Crippen LogP contribution in [0.5, 0.6) is 5.75 Å². The number of rotatable bonds is 7. The highest BCUT2D eigenvalue weighted by molar-refractivity contribution is 5.36. The van der Waals surface area contributed by atoms with Crippen LogP contribution in [0.4, 0.5) is 4.39 Å². The lowest BCUT2D eigenvalue weighted by molar-refractivity contribution is 0.251. The second-order valence-electron chi connectivity index (χ2n) is 4.79. The van der Waals surface area contributed by atoms with Crippen molar-refractivity contribution in [3.05, 3.63) is 29.6 Å². The lowest BCUT2D eigenvalue weighted by atomic mass is 10.1. The van der Waals surface area contributed by atoms with E-state index in [0.29, 0.717) is 18.3 Å². The van der Waals surface area contributed by atoms with Crippen LogP contribution in [0.1, 0.15) is 45.7 Å². The van der Waals surface area contributed by atoms with E-state index in [9.17, 15) is 4.39 Å². The maximum atomic E-state index is 13.3. The third kappa shape index (κ3) is 4.30. The molecule has 1 aromatic carbocycles. The topological polar surface area (TPSA) is 21.3 Å². The van der Waals surface area contributed by atoms with Crippen molar-refractivity contribution >= 4 is 0 Å². The van der Waals surface area contributed by atoms with E-state index in [1.165, 1.54) is 12.1 Å². The zero-order valence-corrected chi connectivity index (χ0v) is 11.8. The van der Waals surface area contributed by atoms with Crippen molar-refractivity contribution in [2.24, 2.45) is 5.92 Å². The molecule has 1 aromatic rings. The lowest BCUT2D eigenvalue weighted by Crippen LogP contribution is -2.19. The summed E-state index contributed by atoms with van der Waals surface area (Å²) in [6.07, 6.45) is 1.06. The van der Waals surface area contributed by atoms with E-state index in [1.807, 2.05) is 0 Å². The quantitative estimate of drug-likeness (QED) is 0.795. The molecule has 0 aliphatic carbocycles. The smallest absolute Gasteiger partial charge is 0.126 e. The third-order valence-electron chi connectivity index (χ3n) is 3.17. The van der Waals surface area contributed by atoms with Gasteiger partial charge in [0.1, 0.15) is 11.6 Å². The fraction of sp³-hybridized carbons (Fsp3) is 0.600. The largest absolute Gasteiger partial charge is 0.493 e. The van der Waals surface area contributed by atoms with E-state index < -0.39 is 0 Å². The maximum absolute atomic E-state index is 13.3. The van der Waals surface area contributed by atoms with E-state index in [4.69, 9.17) is 4.74 Å². The van der Waals surface area contributed by atoms with Crippen LogP contribution in [0.3, 0.4) is 0 Å². The molecule has 2 unspecified atom stereocenters. The standard InChI is InChI=1S/C15H24FNO/c1-5-11(3)10-18-15-9-13(16)7-8-14(15)12(4)17-6-2/h7-9,11-12,17H,5-6,10H2,1-4H3. The van der Waals surface area contributed by atoms with Crippen molar-refractivity contribution < 1.29 is 9.13 Å². The summed E-state index contributed by atoms with van der Waals surface area (Å²) < 4.78 is 19.1. The molecule has 3 heteroatoms. The van der Waals surface area contributed by atoms with E-state index in [2.05, 4.69) is 33.0 Å². The molecule has 0 heterocycles. The molecule has 1 N–H and O–H groups in total. The highest BCUT2D eigenvalue weighted by atomic mass is 19.1. The van der Waals surface area contributed by atoms with Crippen LogP contribution in [0, 0.1) is 11.7 Å². The molecule has 102 valence electrons. The number of ether oxygens (including phenoxy) is 1. The van der Waals surface area contributed by atoms with E-state index in [1.54, 1.807) is 6.07 Å². The maximum Gasteiger partial charge on any atom is 0.126 e. The van der Waals surface area contributed by atoms with Gasteiger partial charge in [-0.3, -0.25) is 0 Å². The predicted octanol–water partition coefficient (Wildman–Crippen LogP) is 3.92. The number of hydrogen-bond donors (Lipinski definition) is 1. The molecular formula is C15H24FNO. The number of nitrogens with one attached hydrogen (secondary N) is 1. The first-order valence-electron chi connectivity index (χ1n) is 6.74. The Morgan fingerprint density at radius 3 is 2.61 bits per heavy atom. The summed E-state index contributed by atoms with van der Waals surface area (Å²) in [6, 6.07) is 4.93. The predicted molar refractivity (Wildman–Crippen MR) is 73.4 cm³/mol. The van der Waals surface area contributed by atoms with Gasteiger partial charge >= 0.3 is 0 Å². The Hall–Kier alpha value is -1.09. The average molecular weight is 253 g/mol. The Morgan fingerprint density at radius 1 is 1.28 bits per heavy atom. The van der Waals surface area contributed by atoms with Gasteiger partial charge < -0.3 is 10.1 Å². The number of hydrogen-bond acceptors (Lipinski definition) is 2. The zero-order chi connectivity index (χ0) is 13.5. The lowest BCUT2D eigenvalue weighted by Gasteiger charge is -2.19. The fourth-order valence-electron chi connectivity index (χ4n) is 1.76. The molecule has 2 atom stereocenters. The zero-order valence-electron chi connectivity index (χ0n) is 11.8. The van der Waals surface area contributed by atoms with Gasteiger partial charge in [0.15, 0.2) is 0 Å². The van der Waals surface area contributed by atoms with Crippen molar-refractivity contribution in [1.29, 1.82) is 0 Å². The first-order chi connectivity index (χ1) is 8.58. The summed E-state index contributed by atoms with van der Waals surface area (Å²) in [6.45, 7) is 9.89. The van der Waals surface area contributed by atoms with Gasteiger partial charge in [0.25, 0.3) is 0 Å². The molecule has 0 aliphatic rings. The summed E-state index contributed by atoms with van der Waals surface area (Å²) in [5, 5.41) is 3.32. The van der Waals surface area contributed by atoms with Crippen LogP contribution in [0.15, 0.2) is 18.2 Å². The highest BCUT2D eigenvalue weighted by Gasteiger charge is 2.12. The minimum Gasteiger partial charge on any atom is -0.493 e. The summed E-state index contributed by atoms with van der Waals surface area (Å²) in [4.78, 5) is 0. The molecule has 0 saturated heterocycles. The van der Waals surface area contributed by atoms with Gasteiger partial charge in [0.2, 0.25) is 0 Å². The van der Waals surface area contributed by atoms with Crippen molar-refractivity contribution in [1.82, 2.24) is 5.32 Å². The summed E-state index contributed by atoms with van der Waals surface area (Å²) in [5.74, 6) is 0.890. The SMILES string of the molecule is CCNC(C)c1ccc(F)cc1OCC(C)CC. The molecular weight excluding hydrogens is 229 g/mol. The van der Waals surface area contributed by atoms with E-state index >= 15 is 0 Å². The molecule has 0 aliphatic heterocycles. The Balaban J connectivity index is 2.82. The van der Waals surface area contributed by atoms with Crippen molar-refractivity contribution in [2.45, 2.75) is 40.2 Å². The summed E-state index contributed by atoms with van der Waals surface area (Å²) >= 11 is 0. The molecule has 2 nitrogen and oxygen atoms in total. The molecule has 0 fully saturated rings. The average Bonchev–Trinajstić information content (AvgIpc) is 2.36. The van der Waals surface area contributed by atoms with Gasteiger partial charge in [-0.05, 0) is 25.5 Å². The van der Waals surface area contributed by atoms with Gasteiger partial charge in [0.05, 0.1) is 6.61 Å². The Kier molecular flexibility index (Phi) is 6.13. The van der Waals surface area contributed by atoms with E-state index in [-0.39, 0.29) is 11.9 Å². The van der Waals surface area contributed by atoms with Crippen LogP contribution >= 0.6 is 0 Å². The van der Waals surface area contributed by atoms with Crippen molar-refractivity contribution in [3.8, 4) is 5.75 Å². The molecule has 1 rings (SSSR count). The molecule has 0 amide bonds. The second-order valence-corrected chi connectivity index (χ2v) is 4.79. The van der Waals surface area contributed by atoms with E-state index in [0.717, 1.165) is 18.5 Å². The molecule has 18 heavy (non-hydrogen) atoms. The fourth-order valence-corrected chi connectivity index (χ4v) is 1.76. The molecule has 0 bridgehead atoms. The Labute approximate surface area is 110 Å². The monoisotopic (exact) mass is 253 g/mol. The first-order valence-corrected chi connectivity index (χ1v) is 6.74. The normalized spacial score (nSPS) is 14.3. The summed E-state index contributed by atoms with van der Waals surface area (Å²) in [5.41, 5.74) is 1.02. The molecule has 0 aromatic heterocycles. The number of halogens is 1.